The normalized spacial score (nSPS) is 16.8. The van der Waals surface area contributed by atoms with E-state index in [4.69, 9.17) is 14.6 Å². The van der Waals surface area contributed by atoms with Crippen molar-refractivity contribution in [3.05, 3.63) is 70.0 Å². The van der Waals surface area contributed by atoms with E-state index in [9.17, 15) is 18.0 Å². The first-order valence-corrected chi connectivity index (χ1v) is 19.6. The SMILES string of the molecule is COc1ccc2c(c1)C=C(c1c(C(=O)N3CCOCC3)c(C)nn1C)Cn1c-2c(C2CCCCC2)c2ccc(C(=O)NS(=O)(=O)CC(C)C)cc21. The molecule has 1 saturated carbocycles. The molecule has 0 bridgehead atoms. The van der Waals surface area contributed by atoms with Gasteiger partial charge >= 0.3 is 0 Å². The molecule has 270 valence electrons. The summed E-state index contributed by atoms with van der Waals surface area (Å²) in [7, 11) is -0.282. The van der Waals surface area contributed by atoms with E-state index in [-0.39, 0.29) is 23.1 Å². The number of sulfonamides is 1. The van der Waals surface area contributed by atoms with E-state index in [1.165, 1.54) is 12.0 Å². The van der Waals surface area contributed by atoms with Crippen molar-refractivity contribution in [3.63, 3.8) is 0 Å². The summed E-state index contributed by atoms with van der Waals surface area (Å²) in [5, 5.41) is 5.81. The zero-order valence-corrected chi connectivity index (χ0v) is 30.9. The molecule has 4 heterocycles. The first-order valence-electron chi connectivity index (χ1n) is 18.0. The molecule has 2 aliphatic heterocycles. The number of benzene rings is 2. The third-order valence-corrected chi connectivity index (χ3v) is 12.0. The van der Waals surface area contributed by atoms with Crippen molar-refractivity contribution in [2.24, 2.45) is 13.0 Å². The van der Waals surface area contributed by atoms with Crippen LogP contribution < -0.4 is 9.46 Å². The van der Waals surface area contributed by atoms with Crippen molar-refractivity contribution in [2.45, 2.75) is 65.3 Å². The Morgan fingerprint density at radius 3 is 2.49 bits per heavy atom. The molecule has 11 nitrogen and oxygen atoms in total. The van der Waals surface area contributed by atoms with Gasteiger partial charge in [-0.15, -0.1) is 0 Å². The lowest BCUT2D eigenvalue weighted by Crippen LogP contribution is -2.41. The van der Waals surface area contributed by atoms with Crippen molar-refractivity contribution in [3.8, 4) is 17.0 Å². The van der Waals surface area contributed by atoms with E-state index in [1.807, 2.05) is 43.1 Å². The van der Waals surface area contributed by atoms with Gasteiger partial charge in [-0.1, -0.05) is 39.2 Å². The molecule has 1 saturated heterocycles. The maximum Gasteiger partial charge on any atom is 0.264 e. The van der Waals surface area contributed by atoms with E-state index in [0.29, 0.717) is 50.0 Å². The number of allylic oxidation sites excluding steroid dienone is 1. The van der Waals surface area contributed by atoms with Gasteiger partial charge in [-0.25, -0.2) is 13.1 Å². The molecule has 4 aromatic rings. The second-order valence-corrected chi connectivity index (χ2v) is 16.2. The molecular weight excluding hydrogens is 667 g/mol. The van der Waals surface area contributed by atoms with E-state index in [0.717, 1.165) is 70.4 Å². The second kappa shape index (κ2) is 14.0. The first kappa shape index (κ1) is 35.0. The van der Waals surface area contributed by atoms with Crippen LogP contribution in [-0.4, -0.2) is 78.6 Å². The third-order valence-electron chi connectivity index (χ3n) is 10.4. The Morgan fingerprint density at radius 2 is 1.78 bits per heavy atom. The number of hydrogen-bond donors (Lipinski definition) is 1. The summed E-state index contributed by atoms with van der Waals surface area (Å²) in [6, 6.07) is 11.7. The number of aryl methyl sites for hydroxylation is 2. The van der Waals surface area contributed by atoms with Crippen LogP contribution in [0.3, 0.4) is 0 Å². The fourth-order valence-corrected chi connectivity index (χ4v) is 9.58. The molecule has 1 N–H and O–H groups in total. The predicted molar refractivity (Wildman–Crippen MR) is 198 cm³/mol. The van der Waals surface area contributed by atoms with Crippen molar-refractivity contribution >= 4 is 44.4 Å². The number of aromatic nitrogens is 3. The number of methoxy groups -OCH3 is 1. The first-order chi connectivity index (χ1) is 24.5. The van der Waals surface area contributed by atoms with E-state index < -0.39 is 15.9 Å². The van der Waals surface area contributed by atoms with Crippen LogP contribution in [0.2, 0.25) is 0 Å². The molecule has 2 fully saturated rings. The lowest BCUT2D eigenvalue weighted by molar-refractivity contribution is 0.0302. The van der Waals surface area contributed by atoms with Crippen molar-refractivity contribution in [1.29, 1.82) is 0 Å². The summed E-state index contributed by atoms with van der Waals surface area (Å²) in [5.74, 6) is 0.0476. The number of fused-ring (bicyclic) bond motifs is 5. The molecule has 2 aromatic heterocycles. The number of hydrogen-bond acceptors (Lipinski definition) is 7. The molecule has 0 radical (unpaired) electrons. The van der Waals surface area contributed by atoms with Crippen LogP contribution in [0.15, 0.2) is 36.4 Å². The Morgan fingerprint density at radius 1 is 1.04 bits per heavy atom. The highest BCUT2D eigenvalue weighted by Crippen LogP contribution is 2.48. The van der Waals surface area contributed by atoms with Gasteiger partial charge in [0.1, 0.15) is 5.75 Å². The third kappa shape index (κ3) is 6.71. The molecule has 3 aliphatic rings. The van der Waals surface area contributed by atoms with Gasteiger partial charge < -0.3 is 18.9 Å². The van der Waals surface area contributed by atoms with Gasteiger partial charge in [0.05, 0.1) is 55.3 Å². The largest absolute Gasteiger partial charge is 0.497 e. The Kier molecular flexibility index (Phi) is 9.57. The number of rotatable bonds is 8. The quantitative estimate of drug-likeness (QED) is 0.232. The minimum Gasteiger partial charge on any atom is -0.497 e. The van der Waals surface area contributed by atoms with Gasteiger partial charge in [0.15, 0.2) is 0 Å². The summed E-state index contributed by atoms with van der Waals surface area (Å²) in [5.41, 5.74) is 8.28. The highest BCUT2D eigenvalue weighted by molar-refractivity contribution is 7.90. The van der Waals surface area contributed by atoms with Crippen molar-refractivity contribution < 1.29 is 27.5 Å². The Bertz CT molecular complexity index is 2150. The Balaban J connectivity index is 1.45. The molecule has 0 atom stereocenters. The predicted octanol–water partition coefficient (Wildman–Crippen LogP) is 6.15. The summed E-state index contributed by atoms with van der Waals surface area (Å²) in [6.45, 7) is 7.90. The molecule has 12 heteroatoms. The van der Waals surface area contributed by atoms with Crippen LogP contribution in [0.4, 0.5) is 0 Å². The summed E-state index contributed by atoms with van der Waals surface area (Å²) < 4.78 is 43.2. The highest BCUT2D eigenvalue weighted by Gasteiger charge is 2.33. The van der Waals surface area contributed by atoms with Gasteiger partial charge in [0.2, 0.25) is 10.0 Å². The Hall–Kier alpha value is -4.42. The van der Waals surface area contributed by atoms with Crippen LogP contribution in [0, 0.1) is 12.8 Å². The lowest BCUT2D eigenvalue weighted by Gasteiger charge is -2.27. The molecule has 0 spiro atoms. The number of nitrogens with zero attached hydrogens (tertiary/aromatic N) is 4. The standard InChI is InChI=1S/C39H47N5O6S/c1-24(2)23-51(47,48)41-38(45)27-11-13-32-33(21-27)44-22-29(36-34(25(3)40-42(36)4)39(46)43-15-17-50-18-16-43)19-28-20-30(49-5)12-14-31(28)37(44)35(32)26-9-7-6-8-10-26/h11-14,19-21,24,26H,6-10,15-18,22-23H2,1-5H3,(H,41,45). The minimum atomic E-state index is -3.81. The number of ether oxygens (including phenoxy) is 2. The van der Waals surface area contributed by atoms with Crippen LogP contribution in [0.5, 0.6) is 5.75 Å². The number of nitrogens with one attached hydrogen (secondary N) is 1. The van der Waals surface area contributed by atoms with E-state index in [1.54, 1.807) is 31.7 Å². The van der Waals surface area contributed by atoms with Crippen LogP contribution in [0.25, 0.3) is 33.8 Å². The fourth-order valence-electron chi connectivity index (χ4n) is 8.21. The topological polar surface area (TPSA) is 125 Å². The molecule has 51 heavy (non-hydrogen) atoms. The zero-order chi connectivity index (χ0) is 36.0. The number of carbonyl (C=O) groups excluding carboxylic acids is 2. The molecule has 2 aromatic carbocycles. The maximum absolute atomic E-state index is 14.2. The van der Waals surface area contributed by atoms with Gasteiger partial charge in [-0.05, 0) is 84.7 Å². The molecular formula is C39H47N5O6S. The van der Waals surface area contributed by atoms with Crippen LogP contribution in [-0.2, 0) is 28.4 Å². The molecule has 0 unspecified atom stereocenters. The minimum absolute atomic E-state index is 0.0723. The van der Waals surface area contributed by atoms with Crippen molar-refractivity contribution in [1.82, 2.24) is 24.0 Å². The van der Waals surface area contributed by atoms with Crippen molar-refractivity contribution in [2.75, 3.05) is 39.2 Å². The molecule has 1 aliphatic carbocycles. The summed E-state index contributed by atoms with van der Waals surface area (Å²) in [6.07, 6.45) is 7.76. The van der Waals surface area contributed by atoms with Crippen LogP contribution >= 0.6 is 0 Å². The van der Waals surface area contributed by atoms with Gasteiger partial charge in [0.25, 0.3) is 11.8 Å². The average Bonchev–Trinajstić information content (AvgIpc) is 3.52. The van der Waals surface area contributed by atoms with E-state index >= 15 is 0 Å². The number of amides is 2. The zero-order valence-electron chi connectivity index (χ0n) is 30.1. The Labute approximate surface area is 299 Å². The maximum atomic E-state index is 14.2. The average molecular weight is 714 g/mol. The summed E-state index contributed by atoms with van der Waals surface area (Å²) >= 11 is 0. The van der Waals surface area contributed by atoms with Gasteiger partial charge in [-0.2, -0.15) is 5.10 Å². The molecule has 2 amide bonds. The highest BCUT2D eigenvalue weighted by atomic mass is 32.2. The lowest BCUT2D eigenvalue weighted by atomic mass is 9.81. The fraction of sp³-hybridized carbons (Fsp3) is 0.462. The molecule has 7 rings (SSSR count). The second-order valence-electron chi connectivity index (χ2n) is 14.5. The monoisotopic (exact) mass is 713 g/mol. The van der Waals surface area contributed by atoms with Gasteiger partial charge in [-0.3, -0.25) is 14.3 Å². The van der Waals surface area contributed by atoms with Gasteiger partial charge in [0, 0.05) is 42.2 Å². The number of morpholine rings is 1. The van der Waals surface area contributed by atoms with E-state index in [2.05, 4.69) is 21.4 Å². The van der Waals surface area contributed by atoms with Crippen LogP contribution in [0.1, 0.15) is 95.1 Å². The number of carbonyl (C=O) groups is 2. The smallest absolute Gasteiger partial charge is 0.264 e. The summed E-state index contributed by atoms with van der Waals surface area (Å²) in [4.78, 5) is 29.5.